The van der Waals surface area contributed by atoms with Gasteiger partial charge in [-0.15, -0.1) is 0 Å². The van der Waals surface area contributed by atoms with E-state index >= 15 is 0 Å². The highest BCUT2D eigenvalue weighted by atomic mass is 79.9. The van der Waals surface area contributed by atoms with Crippen molar-refractivity contribution in [2.24, 2.45) is 0 Å². The molecule has 0 fully saturated rings. The summed E-state index contributed by atoms with van der Waals surface area (Å²) in [6.45, 7) is 0. The number of ketones is 1. The summed E-state index contributed by atoms with van der Waals surface area (Å²) in [5, 5.41) is 14.7. The minimum absolute atomic E-state index is 0. The number of Topliss-reactive ketones (excluding diaryl/α,β-unsaturated/α-hetero) is 1. The van der Waals surface area contributed by atoms with Crippen LogP contribution in [0.15, 0.2) is 49.1 Å². The molecule has 0 amide bonds. The lowest BCUT2D eigenvalue weighted by Crippen LogP contribution is -2.16. The minimum Gasteiger partial charge on any atom is -0.412 e. The number of aromatic amines is 3. The third-order valence-corrected chi connectivity index (χ3v) is 4.08. The lowest BCUT2D eigenvalue weighted by atomic mass is 10.1. The second kappa shape index (κ2) is 12.9. The van der Waals surface area contributed by atoms with E-state index in [1.807, 2.05) is 0 Å². The minimum atomic E-state index is -0.469. The van der Waals surface area contributed by atoms with Gasteiger partial charge in [0.25, 0.3) is 11.1 Å². The maximum absolute atomic E-state index is 11.4. The molecular formula is C16H18Br2N8O4. The van der Waals surface area contributed by atoms with Crippen LogP contribution in [0.1, 0.15) is 18.2 Å². The van der Waals surface area contributed by atoms with Crippen molar-refractivity contribution in [1.82, 2.24) is 20.2 Å². The molecule has 12 nitrogen and oxygen atoms in total. The van der Waals surface area contributed by atoms with Crippen LogP contribution in [-0.2, 0) is 0 Å². The molecule has 0 aliphatic rings. The topological polar surface area (TPSA) is 240 Å². The summed E-state index contributed by atoms with van der Waals surface area (Å²) >= 11 is 6.38. The second-order valence-electron chi connectivity index (χ2n) is 5.09. The number of halogens is 2. The first-order valence-electron chi connectivity index (χ1n) is 7.54. The molecule has 0 spiro atoms. The molecule has 3 heterocycles. The number of H-pyrrole nitrogens is 3. The molecule has 0 saturated carbocycles. The molecule has 0 aliphatic carbocycles. The SMILES string of the molecule is N#CCC(=O)c1cc(Br)c[nH]c1=O.N=N.Nc1cc(-c2cc(Br)c[nH]c2=O)[nH]n1.O.[HH]. The Hall–Kier alpha value is -3.41. The largest absolute Gasteiger partial charge is 0.412 e. The lowest BCUT2D eigenvalue weighted by Gasteiger charge is -1.95. The summed E-state index contributed by atoms with van der Waals surface area (Å²) in [6.07, 6.45) is 2.73. The first kappa shape index (κ1) is 26.6. The molecule has 0 bridgehead atoms. The van der Waals surface area contributed by atoms with Crippen LogP contribution < -0.4 is 16.9 Å². The van der Waals surface area contributed by atoms with Gasteiger partial charge in [0.05, 0.1) is 29.3 Å². The number of nitrogens with one attached hydrogen (secondary N) is 5. The van der Waals surface area contributed by atoms with Gasteiger partial charge in [-0.1, -0.05) is 0 Å². The summed E-state index contributed by atoms with van der Waals surface area (Å²) in [5.74, 6) is -0.107. The molecular weight excluding hydrogens is 528 g/mol. The van der Waals surface area contributed by atoms with Gasteiger partial charge >= 0.3 is 0 Å². The number of anilines is 1. The first-order valence-corrected chi connectivity index (χ1v) is 9.13. The summed E-state index contributed by atoms with van der Waals surface area (Å²) in [7, 11) is 0. The van der Waals surface area contributed by atoms with Crippen LogP contribution >= 0.6 is 31.9 Å². The lowest BCUT2D eigenvalue weighted by molar-refractivity contribution is 0.0996. The van der Waals surface area contributed by atoms with Crippen LogP contribution in [0.5, 0.6) is 0 Å². The molecule has 9 N–H and O–H groups in total. The maximum atomic E-state index is 11.4. The number of nitrogen functional groups attached to an aromatic ring is 1. The van der Waals surface area contributed by atoms with Gasteiger partial charge in [-0.3, -0.25) is 19.5 Å². The number of nitrogens with two attached hydrogens (primary N) is 1. The van der Waals surface area contributed by atoms with Crippen LogP contribution in [0, 0.1) is 22.4 Å². The summed E-state index contributed by atoms with van der Waals surface area (Å²) in [5.41, 5.74) is 15.9. The molecule has 0 atom stereocenters. The average molecular weight is 546 g/mol. The van der Waals surface area contributed by atoms with E-state index in [4.69, 9.17) is 22.1 Å². The Kier molecular flexibility index (Phi) is 11.5. The number of carbonyl (C=O) groups is 1. The Morgan fingerprint density at radius 1 is 1.13 bits per heavy atom. The molecule has 0 radical (unpaired) electrons. The standard InChI is InChI=1S/C8H7BrN4O.C8H5BrN2O2.H2N2.H2O.H2/c9-4-1-5(8(14)11-3-4)6-2-7(10)13-12-6;9-5-3-6(7(12)1-2-10)8(13)11-4-5;1-2;;/h1-3H,(H,11,14)(H3,10,12,13);3-4H,1H2,(H,11,13);1-2H;1H2;1H. The molecule has 30 heavy (non-hydrogen) atoms. The van der Waals surface area contributed by atoms with E-state index in [9.17, 15) is 14.4 Å². The predicted molar refractivity (Wildman–Crippen MR) is 117 cm³/mol. The zero-order valence-electron chi connectivity index (χ0n) is 15.0. The molecule has 3 aromatic heterocycles. The number of carbonyl (C=O) groups excluding carboxylic acids is 1. The van der Waals surface area contributed by atoms with Crippen molar-refractivity contribution in [2.45, 2.75) is 6.42 Å². The van der Waals surface area contributed by atoms with Gasteiger partial charge in [0, 0.05) is 28.8 Å². The smallest absolute Gasteiger partial charge is 0.258 e. The van der Waals surface area contributed by atoms with Crippen molar-refractivity contribution in [2.75, 3.05) is 5.73 Å². The van der Waals surface area contributed by atoms with E-state index in [0.29, 0.717) is 21.5 Å². The Balaban J connectivity index is 0. The van der Waals surface area contributed by atoms with Gasteiger partial charge in [0.1, 0.15) is 5.82 Å². The van der Waals surface area contributed by atoms with E-state index in [-0.39, 0.29) is 24.4 Å². The fourth-order valence-electron chi connectivity index (χ4n) is 1.96. The van der Waals surface area contributed by atoms with Gasteiger partial charge in [0.2, 0.25) is 0 Å². The number of rotatable bonds is 3. The van der Waals surface area contributed by atoms with E-state index in [0.717, 1.165) is 4.47 Å². The van der Waals surface area contributed by atoms with Crippen molar-refractivity contribution in [1.29, 1.82) is 16.3 Å². The van der Waals surface area contributed by atoms with Crippen molar-refractivity contribution in [3.05, 3.63) is 65.8 Å². The predicted octanol–water partition coefficient (Wildman–Crippen LogP) is 2.36. The zero-order valence-corrected chi connectivity index (χ0v) is 18.2. The van der Waals surface area contributed by atoms with Gasteiger partial charge in [0.15, 0.2) is 5.78 Å². The molecule has 0 saturated heterocycles. The van der Waals surface area contributed by atoms with Crippen LogP contribution in [0.3, 0.4) is 0 Å². The fourth-order valence-corrected chi connectivity index (χ4v) is 2.65. The van der Waals surface area contributed by atoms with Gasteiger partial charge < -0.3 is 21.2 Å². The van der Waals surface area contributed by atoms with E-state index < -0.39 is 11.3 Å². The monoisotopic (exact) mass is 544 g/mol. The van der Waals surface area contributed by atoms with Crippen LogP contribution in [0.25, 0.3) is 11.3 Å². The number of nitrogens with zero attached hydrogens (tertiary/aromatic N) is 2. The van der Waals surface area contributed by atoms with Gasteiger partial charge in [-0.05, 0) is 44.0 Å². The molecule has 3 aromatic rings. The normalized spacial score (nSPS) is 8.97. The third-order valence-electron chi connectivity index (χ3n) is 3.16. The van der Waals surface area contributed by atoms with E-state index in [1.54, 1.807) is 24.4 Å². The van der Waals surface area contributed by atoms with E-state index in [1.165, 1.54) is 12.3 Å². The van der Waals surface area contributed by atoms with E-state index in [2.05, 4.69) is 52.0 Å². The number of pyridine rings is 2. The quantitative estimate of drug-likeness (QED) is 0.213. The van der Waals surface area contributed by atoms with Crippen LogP contribution in [0.4, 0.5) is 5.82 Å². The molecule has 14 heteroatoms. The Morgan fingerprint density at radius 3 is 2.23 bits per heavy atom. The molecule has 0 aliphatic heterocycles. The van der Waals surface area contributed by atoms with Gasteiger partial charge in [-0.2, -0.15) is 10.4 Å². The van der Waals surface area contributed by atoms with Crippen molar-refractivity contribution >= 4 is 43.5 Å². The van der Waals surface area contributed by atoms with Crippen LogP contribution in [-0.4, -0.2) is 31.4 Å². The number of nitriles is 1. The molecule has 160 valence electrons. The Labute approximate surface area is 186 Å². The summed E-state index contributed by atoms with van der Waals surface area (Å²) < 4.78 is 1.40. The van der Waals surface area contributed by atoms with Crippen molar-refractivity contribution in [3.63, 3.8) is 0 Å². The summed E-state index contributed by atoms with van der Waals surface area (Å²) in [6, 6.07) is 6.40. The van der Waals surface area contributed by atoms with Crippen molar-refractivity contribution < 1.29 is 11.7 Å². The average Bonchev–Trinajstić information content (AvgIpc) is 3.14. The summed E-state index contributed by atoms with van der Waals surface area (Å²) in [4.78, 5) is 38.6. The number of aromatic nitrogens is 4. The Morgan fingerprint density at radius 2 is 1.70 bits per heavy atom. The highest BCUT2D eigenvalue weighted by molar-refractivity contribution is 9.10. The third kappa shape index (κ3) is 7.54. The Bertz CT molecular complexity index is 1160. The van der Waals surface area contributed by atoms with Crippen molar-refractivity contribution in [3.8, 4) is 17.3 Å². The highest BCUT2D eigenvalue weighted by Gasteiger charge is 2.10. The number of hydrogen-bond donors (Lipinski definition) is 6. The molecule has 3 rings (SSSR count). The zero-order chi connectivity index (χ0) is 22.0. The first-order chi connectivity index (χ1) is 13.8. The number of hydrogen-bond acceptors (Lipinski definition) is 8. The fraction of sp³-hybridized carbons (Fsp3) is 0.0625. The van der Waals surface area contributed by atoms with Gasteiger partial charge in [-0.25, -0.2) is 11.1 Å². The second-order valence-corrected chi connectivity index (χ2v) is 6.92. The maximum Gasteiger partial charge on any atom is 0.258 e. The highest BCUT2D eigenvalue weighted by Crippen LogP contribution is 2.17. The van der Waals surface area contributed by atoms with Crippen LogP contribution in [0.2, 0.25) is 0 Å². The molecule has 0 aromatic carbocycles. The molecule has 0 unspecified atom stereocenters.